The van der Waals surface area contributed by atoms with Crippen LogP contribution in [-0.2, 0) is 4.79 Å². The van der Waals surface area contributed by atoms with Crippen molar-refractivity contribution >= 4 is 44.8 Å². The second-order valence-corrected chi connectivity index (χ2v) is 7.62. The molecule has 1 aromatic carbocycles. The largest absolute Gasteiger partial charge is 0.496 e. The minimum atomic E-state index is -0.0911. The van der Waals surface area contributed by atoms with Gasteiger partial charge in [0.15, 0.2) is 5.17 Å². The second-order valence-electron chi connectivity index (χ2n) is 5.68. The summed E-state index contributed by atoms with van der Waals surface area (Å²) >= 11 is 4.86. The summed E-state index contributed by atoms with van der Waals surface area (Å²) in [5, 5.41) is 3.60. The number of carbonyl (C=O) groups is 1. The van der Waals surface area contributed by atoms with Gasteiger partial charge in [-0.2, -0.15) is 0 Å². The molecule has 2 fully saturated rings. The van der Waals surface area contributed by atoms with E-state index in [0.717, 1.165) is 33.8 Å². The zero-order valence-corrected chi connectivity index (χ0v) is 15.4. The van der Waals surface area contributed by atoms with Gasteiger partial charge in [-0.3, -0.25) is 9.79 Å². The van der Waals surface area contributed by atoms with Crippen molar-refractivity contribution in [3.05, 3.63) is 33.1 Å². The van der Waals surface area contributed by atoms with Crippen molar-refractivity contribution in [2.45, 2.75) is 38.1 Å². The van der Waals surface area contributed by atoms with Crippen LogP contribution in [0.5, 0.6) is 5.75 Å². The summed E-state index contributed by atoms with van der Waals surface area (Å²) in [6.45, 7) is 0. The van der Waals surface area contributed by atoms with Crippen LogP contribution < -0.4 is 10.1 Å². The highest BCUT2D eigenvalue weighted by Crippen LogP contribution is 2.32. The number of hydrogen-bond acceptors (Lipinski definition) is 4. The summed E-state index contributed by atoms with van der Waals surface area (Å²) in [4.78, 5) is 17.5. The molecule has 1 saturated carbocycles. The van der Waals surface area contributed by atoms with E-state index in [2.05, 4.69) is 21.2 Å². The van der Waals surface area contributed by atoms with Crippen molar-refractivity contribution in [2.24, 2.45) is 4.99 Å². The average Bonchev–Trinajstić information content (AvgIpc) is 2.88. The molecule has 0 atom stereocenters. The Morgan fingerprint density at radius 1 is 1.35 bits per heavy atom. The Hall–Kier alpha value is -1.27. The molecule has 1 amide bonds. The first-order valence-electron chi connectivity index (χ1n) is 7.78. The maximum atomic E-state index is 12.2. The minimum absolute atomic E-state index is 0.0911. The van der Waals surface area contributed by atoms with Crippen LogP contribution in [0.2, 0.25) is 0 Å². The Morgan fingerprint density at radius 2 is 2.13 bits per heavy atom. The third-order valence-electron chi connectivity index (χ3n) is 4.00. The summed E-state index contributed by atoms with van der Waals surface area (Å²) in [5.74, 6) is 0.651. The molecule has 23 heavy (non-hydrogen) atoms. The molecule has 4 nitrogen and oxygen atoms in total. The number of aliphatic imine (C=N–C) groups is 1. The van der Waals surface area contributed by atoms with Gasteiger partial charge < -0.3 is 10.1 Å². The SMILES string of the molecule is COc1ccc(Br)cc1C=C1SC(=NC2CCCCC2)NC1=O. The highest BCUT2D eigenvalue weighted by molar-refractivity contribution is 9.10. The maximum Gasteiger partial charge on any atom is 0.264 e. The predicted octanol–water partition coefficient (Wildman–Crippen LogP) is 4.35. The van der Waals surface area contributed by atoms with E-state index in [1.165, 1.54) is 31.0 Å². The number of halogens is 1. The Labute approximate surface area is 148 Å². The van der Waals surface area contributed by atoms with Crippen molar-refractivity contribution in [1.29, 1.82) is 0 Å². The first kappa shape index (κ1) is 16.6. The number of nitrogens with zero attached hydrogens (tertiary/aromatic N) is 1. The summed E-state index contributed by atoms with van der Waals surface area (Å²) in [5.41, 5.74) is 0.874. The zero-order valence-electron chi connectivity index (χ0n) is 13.0. The van der Waals surface area contributed by atoms with Gasteiger partial charge in [0.25, 0.3) is 5.91 Å². The van der Waals surface area contributed by atoms with Gasteiger partial charge >= 0.3 is 0 Å². The van der Waals surface area contributed by atoms with E-state index in [1.807, 2.05) is 24.3 Å². The van der Waals surface area contributed by atoms with Crippen molar-refractivity contribution in [2.75, 3.05) is 7.11 Å². The molecule has 0 bridgehead atoms. The van der Waals surface area contributed by atoms with Gasteiger partial charge in [0.1, 0.15) is 5.75 Å². The fraction of sp³-hybridized carbons (Fsp3) is 0.412. The summed E-state index contributed by atoms with van der Waals surface area (Å²) in [6.07, 6.45) is 7.87. The molecule has 0 spiro atoms. The number of ether oxygens (including phenoxy) is 1. The summed E-state index contributed by atoms with van der Waals surface area (Å²) in [7, 11) is 1.63. The number of thioether (sulfide) groups is 1. The van der Waals surface area contributed by atoms with Gasteiger partial charge in [-0.05, 0) is 48.9 Å². The Bertz CT molecular complexity index is 667. The molecule has 1 aromatic rings. The summed E-state index contributed by atoms with van der Waals surface area (Å²) < 4.78 is 6.31. The highest BCUT2D eigenvalue weighted by Gasteiger charge is 2.25. The van der Waals surface area contributed by atoms with E-state index in [4.69, 9.17) is 9.73 Å². The smallest absolute Gasteiger partial charge is 0.264 e. The van der Waals surface area contributed by atoms with Crippen LogP contribution in [0, 0.1) is 0 Å². The molecule has 6 heteroatoms. The monoisotopic (exact) mass is 394 g/mol. The molecule has 1 N–H and O–H groups in total. The molecule has 1 aliphatic heterocycles. The molecular weight excluding hydrogens is 376 g/mol. The van der Waals surface area contributed by atoms with Gasteiger partial charge in [-0.1, -0.05) is 35.2 Å². The Morgan fingerprint density at radius 3 is 2.87 bits per heavy atom. The molecule has 0 unspecified atom stereocenters. The molecule has 1 aliphatic carbocycles. The van der Waals surface area contributed by atoms with E-state index >= 15 is 0 Å². The van der Waals surface area contributed by atoms with E-state index < -0.39 is 0 Å². The number of benzene rings is 1. The molecule has 122 valence electrons. The van der Waals surface area contributed by atoms with E-state index in [-0.39, 0.29) is 5.91 Å². The molecule has 1 heterocycles. The lowest BCUT2D eigenvalue weighted by molar-refractivity contribution is -0.115. The molecule has 1 saturated heterocycles. The fourth-order valence-corrected chi connectivity index (χ4v) is 4.09. The van der Waals surface area contributed by atoms with Crippen LogP contribution in [0.25, 0.3) is 6.08 Å². The fourth-order valence-electron chi connectivity index (χ4n) is 2.82. The number of amidine groups is 1. The molecule has 2 aliphatic rings. The van der Waals surface area contributed by atoms with Gasteiger partial charge in [0.2, 0.25) is 0 Å². The van der Waals surface area contributed by atoms with Crippen molar-refractivity contribution in [3.63, 3.8) is 0 Å². The van der Waals surface area contributed by atoms with Gasteiger partial charge in [-0.25, -0.2) is 0 Å². The molecule has 0 aromatic heterocycles. The van der Waals surface area contributed by atoms with Crippen LogP contribution >= 0.6 is 27.7 Å². The van der Waals surface area contributed by atoms with Crippen LogP contribution in [-0.4, -0.2) is 24.2 Å². The predicted molar refractivity (Wildman–Crippen MR) is 98.7 cm³/mol. The average molecular weight is 395 g/mol. The van der Waals surface area contributed by atoms with E-state index in [1.54, 1.807) is 7.11 Å². The van der Waals surface area contributed by atoms with Gasteiger partial charge in [0.05, 0.1) is 18.1 Å². The third kappa shape index (κ3) is 4.18. The number of rotatable bonds is 3. The maximum absolute atomic E-state index is 12.2. The Kier molecular flexibility index (Phi) is 5.43. The standard InChI is InChI=1S/C17H19BrN2O2S/c1-22-14-8-7-12(18)9-11(14)10-15-16(21)20-17(23-15)19-13-5-3-2-4-6-13/h7-10,13H,2-6H2,1H3,(H,19,20,21). The topological polar surface area (TPSA) is 50.7 Å². The van der Waals surface area contributed by atoms with Crippen LogP contribution in [0.1, 0.15) is 37.7 Å². The van der Waals surface area contributed by atoms with Crippen molar-refractivity contribution in [1.82, 2.24) is 5.32 Å². The zero-order chi connectivity index (χ0) is 16.2. The number of amides is 1. The van der Waals surface area contributed by atoms with Crippen molar-refractivity contribution in [3.8, 4) is 5.75 Å². The van der Waals surface area contributed by atoms with E-state index in [0.29, 0.717) is 10.9 Å². The first-order chi connectivity index (χ1) is 11.2. The second kappa shape index (κ2) is 7.53. The quantitative estimate of drug-likeness (QED) is 0.775. The molecular formula is C17H19BrN2O2S. The number of hydrogen-bond donors (Lipinski definition) is 1. The third-order valence-corrected chi connectivity index (χ3v) is 5.42. The highest BCUT2D eigenvalue weighted by atomic mass is 79.9. The number of methoxy groups -OCH3 is 1. The Balaban J connectivity index is 1.80. The van der Waals surface area contributed by atoms with Crippen LogP contribution in [0.4, 0.5) is 0 Å². The lowest BCUT2D eigenvalue weighted by Gasteiger charge is -2.17. The summed E-state index contributed by atoms with van der Waals surface area (Å²) in [6, 6.07) is 6.09. The van der Waals surface area contributed by atoms with Crippen molar-refractivity contribution < 1.29 is 9.53 Å². The number of carbonyl (C=O) groups excluding carboxylic acids is 1. The van der Waals surface area contributed by atoms with Gasteiger partial charge in [-0.15, -0.1) is 0 Å². The van der Waals surface area contributed by atoms with Crippen LogP contribution in [0.3, 0.4) is 0 Å². The van der Waals surface area contributed by atoms with Gasteiger partial charge in [0, 0.05) is 10.0 Å². The first-order valence-corrected chi connectivity index (χ1v) is 9.39. The molecule has 3 rings (SSSR count). The number of nitrogens with one attached hydrogen (secondary N) is 1. The minimum Gasteiger partial charge on any atom is -0.496 e. The normalized spacial score (nSPS) is 22.6. The van der Waals surface area contributed by atoms with E-state index in [9.17, 15) is 4.79 Å². The molecule has 0 radical (unpaired) electrons. The lowest BCUT2D eigenvalue weighted by Crippen LogP contribution is -2.22. The van der Waals surface area contributed by atoms with Crippen LogP contribution in [0.15, 0.2) is 32.6 Å². The lowest BCUT2D eigenvalue weighted by atomic mass is 9.96.